The van der Waals surface area contributed by atoms with Gasteiger partial charge in [0.25, 0.3) is 5.91 Å². The van der Waals surface area contributed by atoms with Crippen LogP contribution in [0.4, 0.5) is 4.39 Å². The van der Waals surface area contributed by atoms with Gasteiger partial charge in [-0.2, -0.15) is 5.10 Å². The Labute approximate surface area is 159 Å². The average molecular weight is 370 g/mol. The molecule has 1 aromatic carbocycles. The minimum Gasteiger partial charge on any atom is -0.352 e. The van der Waals surface area contributed by atoms with E-state index in [0.717, 1.165) is 5.69 Å². The fraction of sp³-hybridized carbons (Fsp3) is 0.524. The maximum atomic E-state index is 13.5. The summed E-state index contributed by atoms with van der Waals surface area (Å²) >= 11 is 0. The molecule has 1 N–H and O–H groups in total. The lowest BCUT2D eigenvalue weighted by molar-refractivity contribution is 0.0575. The Kier molecular flexibility index (Phi) is 5.25. The number of rotatable bonds is 4. The Morgan fingerprint density at radius 1 is 1.26 bits per heavy atom. The van der Waals surface area contributed by atoms with Gasteiger partial charge in [-0.15, -0.1) is 0 Å². The van der Waals surface area contributed by atoms with E-state index in [-0.39, 0.29) is 11.7 Å². The van der Waals surface area contributed by atoms with Crippen LogP contribution < -0.4 is 5.32 Å². The molecule has 2 saturated heterocycles. The summed E-state index contributed by atoms with van der Waals surface area (Å²) < 4.78 is 15.1. The summed E-state index contributed by atoms with van der Waals surface area (Å²) in [5.74, 6) is 0.118. The second kappa shape index (κ2) is 7.80. The number of fused-ring (bicyclic) bond motifs is 1. The van der Waals surface area contributed by atoms with Gasteiger partial charge >= 0.3 is 0 Å². The third-order valence-electron chi connectivity index (χ3n) is 6.06. The van der Waals surface area contributed by atoms with Crippen molar-refractivity contribution in [2.45, 2.75) is 45.1 Å². The van der Waals surface area contributed by atoms with E-state index in [1.54, 1.807) is 23.0 Å². The lowest BCUT2D eigenvalue weighted by Crippen LogP contribution is -2.51. The summed E-state index contributed by atoms with van der Waals surface area (Å²) in [6.45, 7) is 4.96. The van der Waals surface area contributed by atoms with Gasteiger partial charge in [0.1, 0.15) is 5.82 Å². The molecular formula is C21H27FN4O. The number of halogens is 1. The third kappa shape index (κ3) is 3.76. The SMILES string of the molecule is Cc1c(C(=O)NC[C@H]2CCCN3CCCC[C@@H]23)cnn1-c1cccc(F)c1. The Morgan fingerprint density at radius 3 is 2.96 bits per heavy atom. The Hall–Kier alpha value is -2.21. The van der Waals surface area contributed by atoms with Crippen LogP contribution in [-0.2, 0) is 0 Å². The summed E-state index contributed by atoms with van der Waals surface area (Å²) in [5.41, 5.74) is 1.90. The molecule has 2 aromatic rings. The van der Waals surface area contributed by atoms with E-state index in [1.807, 2.05) is 6.92 Å². The Balaban J connectivity index is 1.43. The highest BCUT2D eigenvalue weighted by molar-refractivity contribution is 5.95. The first-order valence-electron chi connectivity index (χ1n) is 9.96. The zero-order valence-corrected chi connectivity index (χ0v) is 15.8. The van der Waals surface area contributed by atoms with Gasteiger partial charge in [0.05, 0.1) is 23.1 Å². The number of carbonyl (C=O) groups excluding carboxylic acids is 1. The number of hydrogen-bond donors (Lipinski definition) is 1. The summed E-state index contributed by atoms with van der Waals surface area (Å²) in [6, 6.07) is 6.86. The highest BCUT2D eigenvalue weighted by Gasteiger charge is 2.33. The van der Waals surface area contributed by atoms with Crippen LogP contribution >= 0.6 is 0 Å². The molecule has 2 aliphatic rings. The van der Waals surface area contributed by atoms with Gasteiger partial charge in [-0.1, -0.05) is 12.5 Å². The molecule has 2 aliphatic heterocycles. The molecule has 0 unspecified atom stereocenters. The predicted molar refractivity (Wildman–Crippen MR) is 103 cm³/mol. The number of carbonyl (C=O) groups is 1. The van der Waals surface area contributed by atoms with Gasteiger partial charge < -0.3 is 10.2 Å². The van der Waals surface area contributed by atoms with Crippen LogP contribution in [0.25, 0.3) is 5.69 Å². The van der Waals surface area contributed by atoms with Crippen molar-refractivity contribution >= 4 is 5.91 Å². The Bertz CT molecular complexity index is 816. The summed E-state index contributed by atoms with van der Waals surface area (Å²) in [7, 11) is 0. The van der Waals surface area contributed by atoms with Crippen molar-refractivity contribution in [2.24, 2.45) is 5.92 Å². The van der Waals surface area contributed by atoms with E-state index < -0.39 is 0 Å². The summed E-state index contributed by atoms with van der Waals surface area (Å²) in [6.07, 6.45) is 7.82. The van der Waals surface area contributed by atoms with E-state index in [0.29, 0.717) is 29.8 Å². The molecule has 1 amide bonds. The molecule has 0 radical (unpaired) electrons. The van der Waals surface area contributed by atoms with E-state index in [9.17, 15) is 9.18 Å². The standard InChI is InChI=1S/C21H27FN4O/c1-15-19(14-24-26(15)18-8-4-7-17(22)12-18)21(27)23-13-16-6-5-11-25-10-3-2-9-20(16)25/h4,7-8,12,14,16,20H,2-3,5-6,9-11,13H2,1H3,(H,23,27)/t16-,20+/m1/s1. The van der Waals surface area contributed by atoms with Crippen molar-refractivity contribution in [1.29, 1.82) is 0 Å². The molecular weight excluding hydrogens is 343 g/mol. The molecule has 2 fully saturated rings. The second-order valence-electron chi connectivity index (χ2n) is 7.75. The van der Waals surface area contributed by atoms with Crippen molar-refractivity contribution in [3.63, 3.8) is 0 Å². The fourth-order valence-corrected chi connectivity index (χ4v) is 4.64. The maximum absolute atomic E-state index is 13.5. The average Bonchev–Trinajstić information content (AvgIpc) is 3.07. The molecule has 27 heavy (non-hydrogen) atoms. The highest BCUT2D eigenvalue weighted by atomic mass is 19.1. The first-order valence-corrected chi connectivity index (χ1v) is 9.96. The second-order valence-corrected chi connectivity index (χ2v) is 7.75. The number of piperidine rings is 2. The number of amides is 1. The smallest absolute Gasteiger partial charge is 0.254 e. The highest BCUT2D eigenvalue weighted by Crippen LogP contribution is 2.30. The lowest BCUT2D eigenvalue weighted by atomic mass is 9.83. The first-order chi connectivity index (χ1) is 13.1. The van der Waals surface area contributed by atoms with Gasteiger partial charge in [0, 0.05) is 12.6 Å². The minimum absolute atomic E-state index is 0.0944. The van der Waals surface area contributed by atoms with Gasteiger partial charge in [-0.05, 0) is 69.8 Å². The van der Waals surface area contributed by atoms with Gasteiger partial charge in [-0.25, -0.2) is 9.07 Å². The summed E-state index contributed by atoms with van der Waals surface area (Å²) in [4.78, 5) is 15.3. The fourth-order valence-electron chi connectivity index (χ4n) is 4.64. The van der Waals surface area contributed by atoms with E-state index >= 15 is 0 Å². The quantitative estimate of drug-likeness (QED) is 0.898. The molecule has 1 aromatic heterocycles. The Morgan fingerprint density at radius 2 is 2.11 bits per heavy atom. The first kappa shape index (κ1) is 18.2. The van der Waals surface area contributed by atoms with Crippen LogP contribution in [0.2, 0.25) is 0 Å². The molecule has 0 saturated carbocycles. The van der Waals surface area contributed by atoms with E-state index in [2.05, 4.69) is 15.3 Å². The van der Waals surface area contributed by atoms with Crippen molar-refractivity contribution in [1.82, 2.24) is 20.0 Å². The van der Waals surface area contributed by atoms with Crippen molar-refractivity contribution in [2.75, 3.05) is 19.6 Å². The minimum atomic E-state index is -0.317. The van der Waals surface area contributed by atoms with Crippen molar-refractivity contribution < 1.29 is 9.18 Å². The topological polar surface area (TPSA) is 50.2 Å². The largest absolute Gasteiger partial charge is 0.352 e. The molecule has 5 nitrogen and oxygen atoms in total. The molecule has 144 valence electrons. The van der Waals surface area contributed by atoms with Crippen LogP contribution in [0.15, 0.2) is 30.5 Å². The molecule has 0 aliphatic carbocycles. The number of nitrogens with zero attached hydrogens (tertiary/aromatic N) is 3. The predicted octanol–water partition coefficient (Wildman–Crippen LogP) is 3.31. The monoisotopic (exact) mass is 370 g/mol. The number of aromatic nitrogens is 2. The van der Waals surface area contributed by atoms with Gasteiger partial charge in [0.15, 0.2) is 0 Å². The number of hydrogen-bond acceptors (Lipinski definition) is 3. The van der Waals surface area contributed by atoms with E-state index in [1.165, 1.54) is 57.3 Å². The number of nitrogens with one attached hydrogen (secondary N) is 1. The maximum Gasteiger partial charge on any atom is 0.254 e. The van der Waals surface area contributed by atoms with Crippen LogP contribution in [0.5, 0.6) is 0 Å². The van der Waals surface area contributed by atoms with Gasteiger partial charge in [0.2, 0.25) is 0 Å². The molecule has 4 rings (SSSR count). The van der Waals surface area contributed by atoms with Crippen LogP contribution in [0, 0.1) is 18.7 Å². The van der Waals surface area contributed by atoms with Gasteiger partial charge in [-0.3, -0.25) is 4.79 Å². The molecule has 3 heterocycles. The molecule has 6 heteroatoms. The molecule has 2 atom stereocenters. The number of benzene rings is 1. The molecule has 0 spiro atoms. The van der Waals surface area contributed by atoms with Crippen LogP contribution in [0.1, 0.15) is 48.2 Å². The normalized spacial score (nSPS) is 23.0. The third-order valence-corrected chi connectivity index (χ3v) is 6.06. The zero-order chi connectivity index (χ0) is 18.8. The van der Waals surface area contributed by atoms with Crippen LogP contribution in [-0.4, -0.2) is 46.3 Å². The van der Waals surface area contributed by atoms with E-state index in [4.69, 9.17) is 0 Å². The zero-order valence-electron chi connectivity index (χ0n) is 15.8. The van der Waals surface area contributed by atoms with Crippen LogP contribution in [0.3, 0.4) is 0 Å². The molecule has 0 bridgehead atoms. The summed E-state index contributed by atoms with van der Waals surface area (Å²) in [5, 5.41) is 7.42. The lowest BCUT2D eigenvalue weighted by Gasteiger charge is -2.44. The van der Waals surface area contributed by atoms with Crippen molar-refractivity contribution in [3.8, 4) is 5.69 Å². The van der Waals surface area contributed by atoms with Crippen molar-refractivity contribution in [3.05, 3.63) is 47.5 Å².